The number of anilines is 1. The number of nitrogen functional groups attached to an aromatic ring is 1. The molecule has 0 aromatic carbocycles. The van der Waals surface area contributed by atoms with Gasteiger partial charge in [0, 0.05) is 37.1 Å². The fourth-order valence-electron chi connectivity index (χ4n) is 5.81. The minimum Gasteiger partial charge on any atom is -0.386 e. The predicted molar refractivity (Wildman–Crippen MR) is 228 cm³/mol. The standard InChI is InChI=1S/C35H58N7O17P3S/c1-4-5-6-7-8-9-10-11-12-13-14-15-26(44)63-19-18-37-25(43)16-17-38-33(47)30(46)35(2,3)21-56-62(53,54)59-61(51,52)55-20-24-29(58-60(48,49)50)28(45)34(57-24)42-23-41-27-31(36)39-22-40-32(27)42/h11-14,22-24,28-30,34,45-46H,4-10,15-21H2,1-3H3,(H,37,43)(H,38,47)(H,51,52)(H,53,54)(H2,36,39,40)(H2,48,49,50)/b12-11?,14-13-/t24-,28-,29-,30+,34-/m1/s1. The number of phosphoric ester groups is 3. The molecule has 2 amide bonds. The Bertz CT molecular complexity index is 2020. The molecule has 10 N–H and O–H groups in total. The minimum absolute atomic E-state index is 0.0309. The molecule has 0 radical (unpaired) electrons. The molecule has 63 heavy (non-hydrogen) atoms. The second-order valence-electron chi connectivity index (χ2n) is 14.9. The van der Waals surface area contributed by atoms with Crippen LogP contribution < -0.4 is 16.4 Å². The van der Waals surface area contributed by atoms with Crippen molar-refractivity contribution in [3.05, 3.63) is 37.0 Å². The Morgan fingerprint density at radius 3 is 2.38 bits per heavy atom. The summed E-state index contributed by atoms with van der Waals surface area (Å²) in [6.07, 6.45) is 9.38. The van der Waals surface area contributed by atoms with E-state index in [1.807, 2.05) is 12.2 Å². The first-order valence-corrected chi connectivity index (χ1v) is 25.4. The lowest BCUT2D eigenvalue weighted by Crippen LogP contribution is -2.46. The molecule has 1 aliphatic rings. The van der Waals surface area contributed by atoms with Gasteiger partial charge in [0.25, 0.3) is 0 Å². The van der Waals surface area contributed by atoms with Gasteiger partial charge in [0.15, 0.2) is 22.8 Å². The Morgan fingerprint density at radius 1 is 0.984 bits per heavy atom. The molecule has 3 rings (SSSR count). The summed E-state index contributed by atoms with van der Waals surface area (Å²) in [5.74, 6) is -1.11. The number of unbranched alkanes of at least 4 members (excludes halogenated alkanes) is 6. The third-order valence-electron chi connectivity index (χ3n) is 9.16. The number of imidazole rings is 1. The number of carbonyl (C=O) groups is 3. The zero-order valence-electron chi connectivity index (χ0n) is 35.0. The van der Waals surface area contributed by atoms with Gasteiger partial charge >= 0.3 is 23.5 Å². The molecule has 2 unspecified atom stereocenters. The summed E-state index contributed by atoms with van der Waals surface area (Å²) in [6, 6.07) is 0. The molecule has 1 aliphatic heterocycles. The molecule has 356 valence electrons. The van der Waals surface area contributed by atoms with Gasteiger partial charge in [0.2, 0.25) is 11.8 Å². The summed E-state index contributed by atoms with van der Waals surface area (Å²) in [4.78, 5) is 88.0. The monoisotopic (exact) mass is 973 g/mol. The smallest absolute Gasteiger partial charge is 0.386 e. The van der Waals surface area contributed by atoms with E-state index in [-0.39, 0.29) is 48.0 Å². The van der Waals surface area contributed by atoms with Gasteiger partial charge in [-0.3, -0.25) is 32.5 Å². The summed E-state index contributed by atoms with van der Waals surface area (Å²) in [5.41, 5.74) is 4.27. The minimum atomic E-state index is -5.58. The van der Waals surface area contributed by atoms with Crippen molar-refractivity contribution in [3.63, 3.8) is 0 Å². The third-order valence-corrected chi connectivity index (χ3v) is 13.2. The largest absolute Gasteiger partial charge is 0.481 e. The van der Waals surface area contributed by atoms with Crippen LogP contribution in [0.4, 0.5) is 5.82 Å². The van der Waals surface area contributed by atoms with Gasteiger partial charge < -0.3 is 50.9 Å². The molecule has 3 heterocycles. The van der Waals surface area contributed by atoms with Crippen LogP contribution >= 0.6 is 35.2 Å². The second kappa shape index (κ2) is 25.7. The highest BCUT2D eigenvalue weighted by Crippen LogP contribution is 2.61. The van der Waals surface area contributed by atoms with E-state index >= 15 is 0 Å². The fourth-order valence-corrected chi connectivity index (χ4v) is 9.29. The van der Waals surface area contributed by atoms with Crippen LogP contribution in [-0.2, 0) is 50.7 Å². The summed E-state index contributed by atoms with van der Waals surface area (Å²) < 4.78 is 62.3. The first-order valence-electron chi connectivity index (χ1n) is 19.9. The third kappa shape index (κ3) is 19.2. The first kappa shape index (κ1) is 54.4. The van der Waals surface area contributed by atoms with Gasteiger partial charge in [0.05, 0.1) is 19.5 Å². The van der Waals surface area contributed by atoms with Crippen molar-refractivity contribution >= 4 is 69.1 Å². The Morgan fingerprint density at radius 2 is 1.67 bits per heavy atom. The lowest BCUT2D eigenvalue weighted by atomic mass is 9.87. The number of phosphoric acid groups is 3. The van der Waals surface area contributed by atoms with Crippen LogP contribution in [0, 0.1) is 5.41 Å². The average molecular weight is 974 g/mol. The fraction of sp³-hybridized carbons (Fsp3) is 0.657. The number of carbonyl (C=O) groups excluding carboxylic acids is 3. The molecule has 0 bridgehead atoms. The molecule has 2 aromatic heterocycles. The second-order valence-corrected chi connectivity index (χ2v) is 20.3. The maximum absolute atomic E-state index is 12.7. The SMILES string of the molecule is CCCCCCCCC=C/C=C\CC(=O)SCCNC(=O)CCNC(=O)[C@H](O)C(C)(C)COP(=O)(O)OP(=O)(O)OC[C@H]1O[C@@H](n2cnc3c(N)ncnc32)[C@H](O)[C@@H]1OP(=O)(O)O. The van der Waals surface area contributed by atoms with Gasteiger partial charge in [-0.05, 0) is 12.8 Å². The highest BCUT2D eigenvalue weighted by molar-refractivity contribution is 8.13. The van der Waals surface area contributed by atoms with E-state index in [9.17, 15) is 57.9 Å². The zero-order valence-corrected chi connectivity index (χ0v) is 38.5. The van der Waals surface area contributed by atoms with E-state index < -0.39 is 84.6 Å². The Labute approximate surface area is 368 Å². The molecule has 1 fully saturated rings. The van der Waals surface area contributed by atoms with E-state index in [2.05, 4.69) is 47.4 Å². The lowest BCUT2D eigenvalue weighted by Gasteiger charge is -2.30. The molecule has 2 aromatic rings. The van der Waals surface area contributed by atoms with E-state index in [1.165, 1.54) is 46.0 Å². The maximum Gasteiger partial charge on any atom is 0.481 e. The number of nitrogens with two attached hydrogens (primary N) is 1. The molecular formula is C35H58N7O17P3S. The van der Waals surface area contributed by atoms with Crippen molar-refractivity contribution < 1.29 is 80.5 Å². The number of aliphatic hydroxyl groups excluding tert-OH is 2. The lowest BCUT2D eigenvalue weighted by molar-refractivity contribution is -0.137. The van der Waals surface area contributed by atoms with Crippen molar-refractivity contribution in [2.24, 2.45) is 5.41 Å². The quantitative estimate of drug-likeness (QED) is 0.0321. The molecule has 7 atom stereocenters. The average Bonchev–Trinajstić information content (AvgIpc) is 3.76. The Balaban J connectivity index is 1.38. The van der Waals surface area contributed by atoms with E-state index in [0.717, 1.165) is 41.8 Å². The normalized spacial score (nSPS) is 20.8. The van der Waals surface area contributed by atoms with E-state index in [0.29, 0.717) is 5.75 Å². The number of amides is 2. The van der Waals surface area contributed by atoms with Crippen LogP contribution in [0.3, 0.4) is 0 Å². The van der Waals surface area contributed by atoms with Gasteiger partial charge in [-0.2, -0.15) is 4.31 Å². The summed E-state index contributed by atoms with van der Waals surface area (Å²) in [5, 5.41) is 26.4. The van der Waals surface area contributed by atoms with Crippen LogP contribution in [0.1, 0.15) is 84.8 Å². The van der Waals surface area contributed by atoms with Gasteiger partial charge in [-0.15, -0.1) is 0 Å². The predicted octanol–water partition coefficient (Wildman–Crippen LogP) is 2.92. The number of aromatic nitrogens is 4. The highest BCUT2D eigenvalue weighted by atomic mass is 32.2. The molecule has 1 saturated heterocycles. The number of aliphatic hydroxyl groups is 2. The van der Waals surface area contributed by atoms with Crippen LogP contribution in [0.15, 0.2) is 37.0 Å². The zero-order chi connectivity index (χ0) is 46.8. The van der Waals surface area contributed by atoms with Crippen LogP contribution in [0.2, 0.25) is 0 Å². The molecule has 0 aliphatic carbocycles. The maximum atomic E-state index is 12.7. The van der Waals surface area contributed by atoms with E-state index in [1.54, 1.807) is 6.08 Å². The topological polar surface area (TPSA) is 364 Å². The van der Waals surface area contributed by atoms with Crippen molar-refractivity contribution in [2.75, 3.05) is 37.8 Å². The van der Waals surface area contributed by atoms with Crippen molar-refractivity contribution in [3.8, 4) is 0 Å². The van der Waals surface area contributed by atoms with Gasteiger partial charge in [0.1, 0.15) is 36.3 Å². The van der Waals surface area contributed by atoms with Crippen LogP contribution in [0.5, 0.6) is 0 Å². The first-order chi connectivity index (χ1) is 29.6. The number of hydrogen-bond acceptors (Lipinski definition) is 18. The molecule has 28 heteroatoms. The number of rotatable bonds is 29. The summed E-state index contributed by atoms with van der Waals surface area (Å²) in [6.45, 7) is 2.69. The molecule has 0 saturated carbocycles. The van der Waals surface area contributed by atoms with Crippen LogP contribution in [0.25, 0.3) is 11.2 Å². The van der Waals surface area contributed by atoms with Crippen molar-refractivity contribution in [1.29, 1.82) is 0 Å². The number of thioether (sulfide) groups is 1. The number of hydrogen-bond donors (Lipinski definition) is 9. The summed E-state index contributed by atoms with van der Waals surface area (Å²) in [7, 11) is -16.4. The number of nitrogens with zero attached hydrogens (tertiary/aromatic N) is 4. The number of nitrogens with one attached hydrogen (secondary N) is 2. The van der Waals surface area contributed by atoms with Gasteiger partial charge in [-0.25, -0.2) is 28.6 Å². The van der Waals surface area contributed by atoms with Crippen LogP contribution in [-0.4, -0.2) is 123 Å². The molecular weight excluding hydrogens is 915 g/mol. The number of fused-ring (bicyclic) bond motifs is 1. The van der Waals surface area contributed by atoms with E-state index in [4.69, 9.17) is 19.5 Å². The van der Waals surface area contributed by atoms with Crippen molar-refractivity contribution in [1.82, 2.24) is 30.2 Å². The molecule has 24 nitrogen and oxygen atoms in total. The number of allylic oxidation sites excluding steroid dienone is 4. The van der Waals surface area contributed by atoms with Gasteiger partial charge in [-0.1, -0.05) is 88.9 Å². The van der Waals surface area contributed by atoms with Crippen molar-refractivity contribution in [2.45, 2.75) is 109 Å². The Hall–Kier alpha value is -2.96. The molecule has 0 spiro atoms. The summed E-state index contributed by atoms with van der Waals surface area (Å²) >= 11 is 1.08. The Kier molecular flexibility index (Phi) is 22.1. The highest BCUT2D eigenvalue weighted by Gasteiger charge is 2.50. The number of ether oxygens (including phenoxy) is 1.